The van der Waals surface area contributed by atoms with Gasteiger partial charge in [0.2, 0.25) is 0 Å². The summed E-state index contributed by atoms with van der Waals surface area (Å²) in [5.41, 5.74) is 0.0382. The lowest BCUT2D eigenvalue weighted by Gasteiger charge is -2.19. The monoisotopic (exact) mass is 242 g/mol. The minimum Gasteiger partial charge on any atom is -0.314 e. The van der Waals surface area contributed by atoms with Crippen molar-refractivity contribution in [2.75, 3.05) is 12.4 Å². The van der Waals surface area contributed by atoms with Crippen LogP contribution in [0.2, 0.25) is 0 Å². The van der Waals surface area contributed by atoms with Crippen molar-refractivity contribution in [1.29, 1.82) is 0 Å². The second-order valence-corrected chi connectivity index (χ2v) is 4.50. The van der Waals surface area contributed by atoms with Crippen molar-refractivity contribution in [2.45, 2.75) is 26.4 Å². The van der Waals surface area contributed by atoms with Gasteiger partial charge in [0.25, 0.3) is 5.56 Å². The third-order valence-electron chi connectivity index (χ3n) is 2.63. The summed E-state index contributed by atoms with van der Waals surface area (Å²) in [5, 5.41) is 3.35. The molecule has 1 unspecified atom stereocenters. The molecule has 0 aliphatic carbocycles. The van der Waals surface area contributed by atoms with E-state index in [0.29, 0.717) is 24.4 Å². The van der Waals surface area contributed by atoms with Gasteiger partial charge in [-0.2, -0.15) is 0 Å². The van der Waals surface area contributed by atoms with Crippen molar-refractivity contribution in [3.05, 3.63) is 34.7 Å². The zero-order chi connectivity index (χ0) is 12.0. The molecule has 0 amide bonds. The van der Waals surface area contributed by atoms with Crippen LogP contribution in [0, 0.1) is 5.92 Å². The number of aromatic nitrogens is 1. The molecule has 1 aromatic heterocycles. The lowest BCUT2D eigenvalue weighted by Crippen LogP contribution is -2.38. The maximum Gasteiger partial charge on any atom is 0.250 e. The molecule has 1 heterocycles. The summed E-state index contributed by atoms with van der Waals surface area (Å²) in [5.74, 6) is 1.10. The number of nitrogens with zero attached hydrogens (tertiary/aromatic N) is 1. The second-order valence-electron chi connectivity index (χ2n) is 4.19. The van der Waals surface area contributed by atoms with Gasteiger partial charge in [0.1, 0.15) is 0 Å². The Labute approximate surface area is 101 Å². The number of hydrogen-bond acceptors (Lipinski definition) is 2. The minimum absolute atomic E-state index is 0.0382. The van der Waals surface area contributed by atoms with Crippen molar-refractivity contribution >= 4 is 11.6 Å². The highest BCUT2D eigenvalue weighted by molar-refractivity contribution is 6.18. The Balaban J connectivity index is 2.41. The summed E-state index contributed by atoms with van der Waals surface area (Å²) in [4.78, 5) is 11.4. The summed E-state index contributed by atoms with van der Waals surface area (Å²) in [6.07, 6.45) is 1.80. The average Bonchev–Trinajstić information content (AvgIpc) is 2.26. The molecule has 1 aromatic rings. The van der Waals surface area contributed by atoms with Crippen molar-refractivity contribution < 1.29 is 0 Å². The van der Waals surface area contributed by atoms with E-state index in [2.05, 4.69) is 19.2 Å². The SMILES string of the molecule is CC(C)C(CCl)NCCn1ccccc1=O. The molecule has 0 aliphatic heterocycles. The van der Waals surface area contributed by atoms with Crippen molar-refractivity contribution in [2.24, 2.45) is 5.92 Å². The number of pyridine rings is 1. The molecule has 0 spiro atoms. The fraction of sp³-hybridized carbons (Fsp3) is 0.583. The Morgan fingerprint density at radius 1 is 1.44 bits per heavy atom. The number of alkyl halides is 1. The van der Waals surface area contributed by atoms with Crippen LogP contribution in [0.15, 0.2) is 29.2 Å². The van der Waals surface area contributed by atoms with Crippen LogP contribution < -0.4 is 10.9 Å². The molecule has 1 atom stereocenters. The normalized spacial score (nSPS) is 13.0. The van der Waals surface area contributed by atoms with Gasteiger partial charge in [0.15, 0.2) is 0 Å². The number of rotatable bonds is 6. The number of hydrogen-bond donors (Lipinski definition) is 1. The smallest absolute Gasteiger partial charge is 0.250 e. The van der Waals surface area contributed by atoms with Crippen LogP contribution in [0.25, 0.3) is 0 Å². The van der Waals surface area contributed by atoms with E-state index >= 15 is 0 Å². The quantitative estimate of drug-likeness (QED) is 0.771. The van der Waals surface area contributed by atoms with E-state index in [-0.39, 0.29) is 5.56 Å². The van der Waals surface area contributed by atoms with Gasteiger partial charge in [-0.3, -0.25) is 4.79 Å². The standard InChI is InChI=1S/C12H19ClN2O/c1-10(2)11(9-13)14-6-8-15-7-4-3-5-12(15)16/h3-5,7,10-11,14H,6,8-9H2,1-2H3. The maximum absolute atomic E-state index is 11.4. The Kier molecular flexibility index (Phi) is 5.56. The van der Waals surface area contributed by atoms with Crippen LogP contribution in [-0.4, -0.2) is 23.0 Å². The Hall–Kier alpha value is -0.800. The van der Waals surface area contributed by atoms with Gasteiger partial charge in [-0.25, -0.2) is 0 Å². The van der Waals surface area contributed by atoms with Gasteiger partial charge >= 0.3 is 0 Å². The fourth-order valence-electron chi connectivity index (χ4n) is 1.48. The van der Waals surface area contributed by atoms with Crippen molar-refractivity contribution in [1.82, 2.24) is 9.88 Å². The molecule has 0 bridgehead atoms. The first-order valence-corrected chi connectivity index (χ1v) is 6.13. The molecular weight excluding hydrogens is 224 g/mol. The number of nitrogens with one attached hydrogen (secondary N) is 1. The van der Waals surface area contributed by atoms with Gasteiger partial charge < -0.3 is 9.88 Å². The van der Waals surface area contributed by atoms with Crippen LogP contribution in [0.5, 0.6) is 0 Å². The molecule has 0 radical (unpaired) electrons. The lowest BCUT2D eigenvalue weighted by molar-refractivity contribution is 0.419. The zero-order valence-electron chi connectivity index (χ0n) is 9.82. The molecule has 0 saturated carbocycles. The van der Waals surface area contributed by atoms with E-state index in [4.69, 9.17) is 11.6 Å². The van der Waals surface area contributed by atoms with Crippen LogP contribution >= 0.6 is 11.6 Å². The van der Waals surface area contributed by atoms with E-state index < -0.39 is 0 Å². The molecule has 4 heteroatoms. The largest absolute Gasteiger partial charge is 0.314 e. The third kappa shape index (κ3) is 3.99. The molecule has 0 aromatic carbocycles. The molecule has 0 fully saturated rings. The van der Waals surface area contributed by atoms with E-state index in [9.17, 15) is 4.79 Å². The molecule has 90 valence electrons. The molecule has 1 N–H and O–H groups in total. The summed E-state index contributed by atoms with van der Waals surface area (Å²) in [7, 11) is 0. The molecular formula is C12H19ClN2O. The summed E-state index contributed by atoms with van der Waals surface area (Å²) in [6.45, 7) is 5.71. The Bertz CT molecular complexity index is 362. The Morgan fingerprint density at radius 3 is 2.75 bits per heavy atom. The summed E-state index contributed by atoms with van der Waals surface area (Å²) >= 11 is 5.84. The minimum atomic E-state index is 0.0382. The summed E-state index contributed by atoms with van der Waals surface area (Å²) in [6, 6.07) is 5.49. The lowest BCUT2D eigenvalue weighted by atomic mass is 10.1. The first-order valence-electron chi connectivity index (χ1n) is 5.60. The van der Waals surface area contributed by atoms with Crippen LogP contribution in [0.3, 0.4) is 0 Å². The van der Waals surface area contributed by atoms with Gasteiger partial charge in [-0.15, -0.1) is 11.6 Å². The van der Waals surface area contributed by atoms with Gasteiger partial charge in [-0.1, -0.05) is 19.9 Å². The zero-order valence-corrected chi connectivity index (χ0v) is 10.6. The van der Waals surface area contributed by atoms with Crippen LogP contribution in [0.4, 0.5) is 0 Å². The molecule has 1 rings (SSSR count). The fourth-order valence-corrected chi connectivity index (χ4v) is 1.95. The van der Waals surface area contributed by atoms with E-state index in [1.54, 1.807) is 22.9 Å². The molecule has 0 aliphatic rings. The van der Waals surface area contributed by atoms with Crippen molar-refractivity contribution in [3.63, 3.8) is 0 Å². The van der Waals surface area contributed by atoms with E-state index in [0.717, 1.165) is 6.54 Å². The van der Waals surface area contributed by atoms with Gasteiger partial charge in [0.05, 0.1) is 0 Å². The van der Waals surface area contributed by atoms with E-state index in [1.165, 1.54) is 0 Å². The second kappa shape index (κ2) is 6.71. The van der Waals surface area contributed by atoms with Crippen LogP contribution in [0.1, 0.15) is 13.8 Å². The highest BCUT2D eigenvalue weighted by Crippen LogP contribution is 2.02. The average molecular weight is 243 g/mol. The topological polar surface area (TPSA) is 34.0 Å². The van der Waals surface area contributed by atoms with Gasteiger partial charge in [-0.05, 0) is 12.0 Å². The first kappa shape index (κ1) is 13.3. The van der Waals surface area contributed by atoms with Crippen LogP contribution in [-0.2, 0) is 6.54 Å². The summed E-state index contributed by atoms with van der Waals surface area (Å²) < 4.78 is 1.69. The molecule has 0 saturated heterocycles. The molecule has 3 nitrogen and oxygen atoms in total. The predicted octanol–water partition coefficient (Wildman–Crippen LogP) is 1.70. The molecule has 16 heavy (non-hydrogen) atoms. The highest BCUT2D eigenvalue weighted by Gasteiger charge is 2.10. The first-order chi connectivity index (χ1) is 7.65. The van der Waals surface area contributed by atoms with E-state index in [1.807, 2.05) is 6.07 Å². The predicted molar refractivity (Wildman–Crippen MR) is 68.1 cm³/mol. The van der Waals surface area contributed by atoms with Gasteiger partial charge in [0, 0.05) is 37.3 Å². The number of halogens is 1. The maximum atomic E-state index is 11.4. The van der Waals surface area contributed by atoms with Crippen molar-refractivity contribution in [3.8, 4) is 0 Å². The highest BCUT2D eigenvalue weighted by atomic mass is 35.5. The Morgan fingerprint density at radius 2 is 2.19 bits per heavy atom. The third-order valence-corrected chi connectivity index (χ3v) is 2.96.